The Balaban J connectivity index is 2.20. The lowest BCUT2D eigenvalue weighted by Crippen LogP contribution is -2.15. The van der Waals surface area contributed by atoms with E-state index in [4.69, 9.17) is 28.9 Å². The first-order valence-electron chi connectivity index (χ1n) is 5.66. The molecule has 0 aliphatic rings. The van der Waals surface area contributed by atoms with Crippen molar-refractivity contribution in [2.75, 3.05) is 6.54 Å². The molecule has 1 atom stereocenters. The monoisotopic (exact) mass is 300 g/mol. The van der Waals surface area contributed by atoms with E-state index in [0.29, 0.717) is 16.6 Å². The Hall–Kier alpha value is -0.610. The van der Waals surface area contributed by atoms with Crippen LogP contribution >= 0.6 is 34.5 Å². The Morgan fingerprint density at radius 3 is 2.72 bits per heavy atom. The molecule has 96 valence electrons. The van der Waals surface area contributed by atoms with Crippen molar-refractivity contribution in [1.82, 2.24) is 4.98 Å². The molecule has 0 saturated carbocycles. The van der Waals surface area contributed by atoms with Gasteiger partial charge in [0.25, 0.3) is 0 Å². The van der Waals surface area contributed by atoms with Gasteiger partial charge in [0.1, 0.15) is 0 Å². The highest BCUT2D eigenvalue weighted by Gasteiger charge is 2.15. The Labute approximate surface area is 121 Å². The van der Waals surface area contributed by atoms with Crippen LogP contribution in [0.1, 0.15) is 22.2 Å². The number of rotatable bonds is 4. The van der Waals surface area contributed by atoms with Crippen molar-refractivity contribution in [3.63, 3.8) is 0 Å². The van der Waals surface area contributed by atoms with Gasteiger partial charge >= 0.3 is 0 Å². The van der Waals surface area contributed by atoms with Crippen LogP contribution in [0.25, 0.3) is 0 Å². The molecule has 18 heavy (non-hydrogen) atoms. The third-order valence-electron chi connectivity index (χ3n) is 2.75. The zero-order valence-electron chi connectivity index (χ0n) is 9.99. The maximum Gasteiger partial charge on any atom is 0.0975 e. The first-order chi connectivity index (χ1) is 8.60. The summed E-state index contributed by atoms with van der Waals surface area (Å²) in [6.07, 6.45) is 0.791. The van der Waals surface area contributed by atoms with Gasteiger partial charge in [-0.05, 0) is 31.0 Å². The fraction of sp³-hybridized carbons (Fsp3) is 0.308. The van der Waals surface area contributed by atoms with Crippen LogP contribution in [0.4, 0.5) is 0 Å². The van der Waals surface area contributed by atoms with E-state index in [1.807, 2.05) is 24.4 Å². The predicted molar refractivity (Wildman–Crippen MR) is 78.8 cm³/mol. The van der Waals surface area contributed by atoms with Gasteiger partial charge < -0.3 is 5.73 Å². The van der Waals surface area contributed by atoms with Crippen LogP contribution in [-0.4, -0.2) is 11.5 Å². The van der Waals surface area contributed by atoms with Crippen LogP contribution in [-0.2, 0) is 6.42 Å². The fourth-order valence-electron chi connectivity index (χ4n) is 1.78. The molecule has 0 fully saturated rings. The van der Waals surface area contributed by atoms with Crippen LogP contribution in [0, 0.1) is 6.92 Å². The molecule has 1 heterocycles. The predicted octanol–water partition coefficient (Wildman–Crippen LogP) is 4.04. The van der Waals surface area contributed by atoms with E-state index in [1.54, 1.807) is 17.4 Å². The van der Waals surface area contributed by atoms with E-state index >= 15 is 0 Å². The summed E-state index contributed by atoms with van der Waals surface area (Å²) in [5.74, 6) is 0.211. The SMILES string of the molecule is Cc1csc(C(CN)Cc2ccc(Cl)cc2Cl)n1. The Morgan fingerprint density at radius 2 is 2.17 bits per heavy atom. The van der Waals surface area contributed by atoms with Crippen molar-refractivity contribution in [1.29, 1.82) is 0 Å². The molecule has 5 heteroatoms. The molecule has 1 aromatic heterocycles. The highest BCUT2D eigenvalue weighted by atomic mass is 35.5. The lowest BCUT2D eigenvalue weighted by molar-refractivity contribution is 0.687. The summed E-state index contributed by atoms with van der Waals surface area (Å²) in [6, 6.07) is 5.57. The summed E-state index contributed by atoms with van der Waals surface area (Å²) < 4.78 is 0. The Kier molecular flexibility index (Phi) is 4.62. The first kappa shape index (κ1) is 13.8. The van der Waals surface area contributed by atoms with Crippen LogP contribution in [0.3, 0.4) is 0 Å². The summed E-state index contributed by atoms with van der Waals surface area (Å²) in [5.41, 5.74) is 7.94. The number of hydrogen-bond donors (Lipinski definition) is 1. The average molecular weight is 301 g/mol. The smallest absolute Gasteiger partial charge is 0.0975 e. The van der Waals surface area contributed by atoms with E-state index in [2.05, 4.69) is 4.98 Å². The summed E-state index contributed by atoms with van der Waals surface area (Å²) in [4.78, 5) is 4.49. The van der Waals surface area contributed by atoms with E-state index < -0.39 is 0 Å². The first-order valence-corrected chi connectivity index (χ1v) is 7.29. The topological polar surface area (TPSA) is 38.9 Å². The van der Waals surface area contributed by atoms with Gasteiger partial charge in [0.05, 0.1) is 5.01 Å². The molecular formula is C13H14Cl2N2S. The minimum atomic E-state index is 0.211. The summed E-state index contributed by atoms with van der Waals surface area (Å²) in [7, 11) is 0. The second kappa shape index (κ2) is 6.02. The molecule has 2 nitrogen and oxygen atoms in total. The number of halogens is 2. The largest absolute Gasteiger partial charge is 0.330 e. The molecule has 2 aromatic rings. The van der Waals surface area contributed by atoms with Gasteiger partial charge in [-0.25, -0.2) is 4.98 Å². The van der Waals surface area contributed by atoms with E-state index in [0.717, 1.165) is 22.7 Å². The second-order valence-electron chi connectivity index (χ2n) is 4.20. The molecule has 0 bridgehead atoms. The molecular weight excluding hydrogens is 287 g/mol. The van der Waals surface area contributed by atoms with Gasteiger partial charge in [0.15, 0.2) is 0 Å². The fourth-order valence-corrected chi connectivity index (χ4v) is 3.18. The number of benzene rings is 1. The zero-order chi connectivity index (χ0) is 13.1. The van der Waals surface area contributed by atoms with E-state index in [1.165, 1.54) is 0 Å². The van der Waals surface area contributed by atoms with Gasteiger partial charge in [-0.1, -0.05) is 29.3 Å². The van der Waals surface area contributed by atoms with E-state index in [-0.39, 0.29) is 5.92 Å². The van der Waals surface area contributed by atoms with Gasteiger partial charge in [-0.2, -0.15) is 0 Å². The number of thiazole rings is 1. The molecule has 0 radical (unpaired) electrons. The average Bonchev–Trinajstić information content (AvgIpc) is 2.75. The maximum absolute atomic E-state index is 6.18. The molecule has 1 unspecified atom stereocenters. The lowest BCUT2D eigenvalue weighted by atomic mass is 10.00. The van der Waals surface area contributed by atoms with Crippen molar-refractivity contribution in [2.24, 2.45) is 5.73 Å². The zero-order valence-corrected chi connectivity index (χ0v) is 12.3. The summed E-state index contributed by atoms with van der Waals surface area (Å²) >= 11 is 13.7. The number of nitrogens with zero attached hydrogens (tertiary/aromatic N) is 1. The van der Waals surface area contributed by atoms with Gasteiger partial charge in [-0.15, -0.1) is 11.3 Å². The minimum absolute atomic E-state index is 0.211. The molecule has 0 spiro atoms. The summed E-state index contributed by atoms with van der Waals surface area (Å²) in [5, 5.41) is 4.45. The van der Waals surface area contributed by atoms with Crippen molar-refractivity contribution >= 4 is 34.5 Å². The number of nitrogens with two attached hydrogens (primary N) is 1. The highest BCUT2D eigenvalue weighted by molar-refractivity contribution is 7.09. The number of hydrogen-bond acceptors (Lipinski definition) is 3. The van der Waals surface area contributed by atoms with Gasteiger partial charge in [0, 0.05) is 33.6 Å². The quantitative estimate of drug-likeness (QED) is 0.925. The maximum atomic E-state index is 6.18. The van der Waals surface area contributed by atoms with Gasteiger partial charge in [-0.3, -0.25) is 0 Å². The standard InChI is InChI=1S/C13H14Cl2N2S/c1-8-7-18-13(17-8)10(6-16)4-9-2-3-11(14)5-12(9)15/h2-3,5,7,10H,4,6,16H2,1H3. The minimum Gasteiger partial charge on any atom is -0.330 e. The molecule has 0 aliphatic carbocycles. The summed E-state index contributed by atoms with van der Waals surface area (Å²) in [6.45, 7) is 2.55. The highest BCUT2D eigenvalue weighted by Crippen LogP contribution is 2.28. The van der Waals surface area contributed by atoms with Crippen LogP contribution in [0.15, 0.2) is 23.6 Å². The molecule has 0 amide bonds. The van der Waals surface area contributed by atoms with Gasteiger partial charge in [0.2, 0.25) is 0 Å². The molecule has 0 saturated heterocycles. The van der Waals surface area contributed by atoms with E-state index in [9.17, 15) is 0 Å². The molecule has 2 rings (SSSR count). The molecule has 0 aliphatic heterocycles. The molecule has 1 aromatic carbocycles. The third kappa shape index (κ3) is 3.23. The van der Waals surface area contributed by atoms with Crippen LogP contribution in [0.5, 0.6) is 0 Å². The lowest BCUT2D eigenvalue weighted by Gasteiger charge is -2.13. The van der Waals surface area contributed by atoms with Crippen molar-refractivity contribution in [3.8, 4) is 0 Å². The van der Waals surface area contributed by atoms with Crippen molar-refractivity contribution < 1.29 is 0 Å². The van der Waals surface area contributed by atoms with Crippen molar-refractivity contribution in [3.05, 3.63) is 49.9 Å². The normalized spacial score (nSPS) is 12.7. The third-order valence-corrected chi connectivity index (χ3v) is 4.46. The Morgan fingerprint density at radius 1 is 1.39 bits per heavy atom. The molecule has 2 N–H and O–H groups in total. The Bertz CT molecular complexity index is 540. The van der Waals surface area contributed by atoms with Crippen LogP contribution < -0.4 is 5.73 Å². The van der Waals surface area contributed by atoms with Crippen molar-refractivity contribution in [2.45, 2.75) is 19.3 Å². The number of aromatic nitrogens is 1. The van der Waals surface area contributed by atoms with Crippen LogP contribution in [0.2, 0.25) is 10.0 Å². The second-order valence-corrected chi connectivity index (χ2v) is 5.93. The number of aryl methyl sites for hydroxylation is 1.